The molecule has 2 heterocycles. The Labute approximate surface area is 131 Å². The van der Waals surface area contributed by atoms with Gasteiger partial charge in [-0.3, -0.25) is 4.90 Å². The number of ether oxygens (including phenoxy) is 1. The van der Waals surface area contributed by atoms with Gasteiger partial charge in [-0.05, 0) is 49.9 Å². The van der Waals surface area contributed by atoms with Crippen molar-refractivity contribution in [3.63, 3.8) is 0 Å². The van der Waals surface area contributed by atoms with Gasteiger partial charge in [0.15, 0.2) is 9.84 Å². The highest BCUT2D eigenvalue weighted by Crippen LogP contribution is 2.39. The van der Waals surface area contributed by atoms with E-state index >= 15 is 0 Å². The summed E-state index contributed by atoms with van der Waals surface area (Å²) in [6.45, 7) is 3.07. The van der Waals surface area contributed by atoms with E-state index < -0.39 is 15.7 Å². The van der Waals surface area contributed by atoms with E-state index in [2.05, 4.69) is 4.90 Å². The van der Waals surface area contributed by atoms with Crippen LogP contribution in [-0.2, 0) is 14.6 Å². The van der Waals surface area contributed by atoms with Crippen molar-refractivity contribution in [2.45, 2.75) is 36.1 Å². The fourth-order valence-corrected chi connectivity index (χ4v) is 4.73. The lowest BCUT2D eigenvalue weighted by atomic mass is 9.78. The van der Waals surface area contributed by atoms with Gasteiger partial charge in [0.1, 0.15) is 5.82 Å². The number of halogens is 1. The first-order valence-corrected chi connectivity index (χ1v) is 9.48. The lowest BCUT2D eigenvalue weighted by Crippen LogP contribution is -2.60. The minimum absolute atomic E-state index is 0.0846. The maximum absolute atomic E-state index is 12.9. The van der Waals surface area contributed by atoms with Crippen molar-refractivity contribution in [1.29, 1.82) is 0 Å². The summed E-state index contributed by atoms with van der Waals surface area (Å²) < 4.78 is 43.1. The first kappa shape index (κ1) is 15.9. The smallest absolute Gasteiger partial charge is 0.179 e. The minimum Gasteiger partial charge on any atom is -0.381 e. The topological polar surface area (TPSA) is 46.6 Å². The van der Waals surface area contributed by atoms with Crippen molar-refractivity contribution in [3.05, 3.63) is 30.1 Å². The Bertz CT molecular complexity index is 607. The van der Waals surface area contributed by atoms with Crippen molar-refractivity contribution in [1.82, 2.24) is 4.90 Å². The number of hydrogen-bond donors (Lipinski definition) is 0. The van der Waals surface area contributed by atoms with Crippen LogP contribution >= 0.6 is 0 Å². The van der Waals surface area contributed by atoms with Gasteiger partial charge in [0.25, 0.3) is 0 Å². The van der Waals surface area contributed by atoms with Crippen molar-refractivity contribution in [2.24, 2.45) is 0 Å². The van der Waals surface area contributed by atoms with Crippen LogP contribution in [0.5, 0.6) is 0 Å². The summed E-state index contributed by atoms with van der Waals surface area (Å²) in [6.07, 6.45) is 4.25. The van der Waals surface area contributed by atoms with Crippen LogP contribution in [0.25, 0.3) is 0 Å². The third-order valence-corrected chi connectivity index (χ3v) is 6.67. The van der Waals surface area contributed by atoms with Crippen molar-refractivity contribution >= 4 is 9.84 Å². The Balaban J connectivity index is 1.63. The van der Waals surface area contributed by atoms with Crippen LogP contribution in [0, 0.1) is 5.82 Å². The van der Waals surface area contributed by atoms with E-state index in [1.54, 1.807) is 0 Å². The number of hydrogen-bond acceptors (Lipinski definition) is 4. The molecule has 2 aliphatic rings. The summed E-state index contributed by atoms with van der Waals surface area (Å²) in [5.74, 6) is -0.333. The molecule has 1 aromatic carbocycles. The highest BCUT2D eigenvalue weighted by atomic mass is 32.2. The van der Waals surface area contributed by atoms with E-state index in [1.165, 1.54) is 24.3 Å². The molecule has 2 aliphatic heterocycles. The second-order valence-corrected chi connectivity index (χ2v) is 8.31. The minimum atomic E-state index is -3.35. The SMILES string of the molecule is O=S(=O)(CCN1CCC12CCCOCC2)c1ccc(F)cc1. The summed E-state index contributed by atoms with van der Waals surface area (Å²) in [5.41, 5.74) is 0.148. The molecular formula is C16H22FNO3S. The van der Waals surface area contributed by atoms with E-state index in [-0.39, 0.29) is 16.2 Å². The summed E-state index contributed by atoms with van der Waals surface area (Å²) >= 11 is 0. The molecule has 122 valence electrons. The van der Waals surface area contributed by atoms with E-state index in [9.17, 15) is 12.8 Å². The average Bonchev–Trinajstić information content (AvgIpc) is 2.74. The van der Waals surface area contributed by atoms with Gasteiger partial charge in [0.2, 0.25) is 0 Å². The van der Waals surface area contributed by atoms with Gasteiger partial charge in [0, 0.05) is 31.8 Å². The van der Waals surface area contributed by atoms with Gasteiger partial charge in [-0.1, -0.05) is 0 Å². The lowest BCUT2D eigenvalue weighted by molar-refractivity contribution is -0.0243. The average molecular weight is 327 g/mol. The van der Waals surface area contributed by atoms with Crippen LogP contribution in [0.2, 0.25) is 0 Å². The van der Waals surface area contributed by atoms with Crippen LogP contribution in [0.15, 0.2) is 29.2 Å². The Morgan fingerprint density at radius 1 is 1.14 bits per heavy atom. The number of likely N-dealkylation sites (tertiary alicyclic amines) is 1. The van der Waals surface area contributed by atoms with Crippen molar-refractivity contribution < 1.29 is 17.5 Å². The highest BCUT2D eigenvalue weighted by molar-refractivity contribution is 7.91. The predicted molar refractivity (Wildman–Crippen MR) is 82.0 cm³/mol. The quantitative estimate of drug-likeness (QED) is 0.796. The number of nitrogens with zero attached hydrogens (tertiary/aromatic N) is 1. The summed E-state index contributed by atoms with van der Waals surface area (Å²) in [4.78, 5) is 2.50. The van der Waals surface area contributed by atoms with Crippen LogP contribution in [0.4, 0.5) is 4.39 Å². The van der Waals surface area contributed by atoms with Gasteiger partial charge in [-0.2, -0.15) is 0 Å². The molecule has 1 unspecified atom stereocenters. The van der Waals surface area contributed by atoms with Crippen LogP contribution < -0.4 is 0 Å². The van der Waals surface area contributed by atoms with Crippen molar-refractivity contribution in [3.8, 4) is 0 Å². The largest absolute Gasteiger partial charge is 0.381 e. The van der Waals surface area contributed by atoms with E-state index in [0.29, 0.717) is 6.54 Å². The molecule has 22 heavy (non-hydrogen) atoms. The highest BCUT2D eigenvalue weighted by Gasteiger charge is 2.44. The molecule has 0 N–H and O–H groups in total. The molecule has 1 spiro atoms. The molecule has 0 radical (unpaired) electrons. The Morgan fingerprint density at radius 2 is 1.91 bits per heavy atom. The summed E-state index contributed by atoms with van der Waals surface area (Å²) in [6, 6.07) is 5.08. The summed E-state index contributed by atoms with van der Waals surface area (Å²) in [5, 5.41) is 0. The number of benzene rings is 1. The zero-order valence-corrected chi connectivity index (χ0v) is 13.4. The molecule has 1 atom stereocenters. The second kappa shape index (κ2) is 6.26. The Kier molecular flexibility index (Phi) is 4.52. The fourth-order valence-electron chi connectivity index (χ4n) is 3.48. The zero-order valence-electron chi connectivity index (χ0n) is 12.6. The monoisotopic (exact) mass is 327 g/mol. The standard InChI is InChI=1S/C16H22FNO3S/c17-14-2-4-15(5-3-14)22(19,20)13-10-18-9-7-16(18)6-1-11-21-12-8-16/h2-5H,1,6-13H2. The summed E-state index contributed by atoms with van der Waals surface area (Å²) in [7, 11) is -3.35. The maximum Gasteiger partial charge on any atom is 0.179 e. The first-order chi connectivity index (χ1) is 10.5. The number of sulfone groups is 1. The van der Waals surface area contributed by atoms with Crippen molar-refractivity contribution in [2.75, 3.05) is 32.1 Å². The Hall–Kier alpha value is -0.980. The van der Waals surface area contributed by atoms with Gasteiger partial charge >= 0.3 is 0 Å². The zero-order chi connectivity index (χ0) is 15.6. The molecule has 0 aromatic heterocycles. The molecular weight excluding hydrogens is 305 g/mol. The van der Waals surface area contributed by atoms with Crippen LogP contribution in [0.3, 0.4) is 0 Å². The first-order valence-electron chi connectivity index (χ1n) is 7.83. The van der Waals surface area contributed by atoms with E-state index in [0.717, 1.165) is 45.4 Å². The molecule has 2 saturated heterocycles. The molecule has 3 rings (SSSR count). The molecule has 0 bridgehead atoms. The molecule has 0 saturated carbocycles. The van der Waals surface area contributed by atoms with E-state index in [1.807, 2.05) is 0 Å². The molecule has 1 aromatic rings. The van der Waals surface area contributed by atoms with Crippen LogP contribution in [-0.4, -0.2) is 50.9 Å². The number of rotatable bonds is 4. The second-order valence-electron chi connectivity index (χ2n) is 6.20. The molecule has 4 nitrogen and oxygen atoms in total. The fraction of sp³-hybridized carbons (Fsp3) is 0.625. The molecule has 0 aliphatic carbocycles. The van der Waals surface area contributed by atoms with Crippen LogP contribution in [0.1, 0.15) is 25.7 Å². The molecule has 0 amide bonds. The maximum atomic E-state index is 12.9. The van der Waals surface area contributed by atoms with E-state index in [4.69, 9.17) is 4.74 Å². The lowest BCUT2D eigenvalue weighted by Gasteiger charge is -2.53. The predicted octanol–water partition coefficient (Wildman–Crippen LogP) is 2.24. The third-order valence-electron chi connectivity index (χ3n) is 4.96. The van der Waals surface area contributed by atoms with Gasteiger partial charge < -0.3 is 4.74 Å². The van der Waals surface area contributed by atoms with Gasteiger partial charge in [-0.25, -0.2) is 12.8 Å². The Morgan fingerprint density at radius 3 is 2.59 bits per heavy atom. The van der Waals surface area contributed by atoms with Gasteiger partial charge in [0.05, 0.1) is 10.6 Å². The third kappa shape index (κ3) is 3.19. The molecule has 6 heteroatoms. The van der Waals surface area contributed by atoms with Gasteiger partial charge in [-0.15, -0.1) is 0 Å². The normalized spacial score (nSPS) is 26.6. The molecule has 2 fully saturated rings.